The van der Waals surface area contributed by atoms with Gasteiger partial charge in [-0.05, 0) is 38.5 Å². The Kier molecular flexibility index (Phi) is 2.41. The van der Waals surface area contributed by atoms with E-state index in [1.807, 2.05) is 6.92 Å². The predicted molar refractivity (Wildman–Crippen MR) is 50.5 cm³/mol. The molecule has 0 heterocycles. The maximum Gasteiger partial charge on any atom is 0.141 e. The monoisotopic (exact) mass is 182 g/mol. The molecule has 2 bridgehead atoms. The Morgan fingerprint density at radius 2 is 2.38 bits per heavy atom. The van der Waals surface area contributed by atoms with Crippen LogP contribution in [0.25, 0.3) is 0 Å². The highest BCUT2D eigenvalue weighted by atomic mass is 16.5. The fourth-order valence-electron chi connectivity index (χ4n) is 2.85. The number of Topliss-reactive ketones (excluding diaryl/α,β-unsaturated/α-hetero) is 1. The van der Waals surface area contributed by atoms with Gasteiger partial charge in [0.25, 0.3) is 0 Å². The Hall–Kier alpha value is -0.370. The van der Waals surface area contributed by atoms with Gasteiger partial charge in [0.15, 0.2) is 0 Å². The van der Waals surface area contributed by atoms with E-state index in [-0.39, 0.29) is 5.41 Å². The van der Waals surface area contributed by atoms with Crippen LogP contribution >= 0.6 is 0 Å². The van der Waals surface area contributed by atoms with Gasteiger partial charge >= 0.3 is 0 Å². The zero-order valence-electron chi connectivity index (χ0n) is 8.34. The molecule has 0 aliphatic heterocycles. The third kappa shape index (κ3) is 1.52. The van der Waals surface area contributed by atoms with E-state index in [2.05, 4.69) is 0 Å². The van der Waals surface area contributed by atoms with Gasteiger partial charge in [-0.3, -0.25) is 4.79 Å². The fraction of sp³-hybridized carbons (Fsp3) is 0.909. The summed E-state index contributed by atoms with van der Waals surface area (Å²) < 4.78 is 5.44. The van der Waals surface area contributed by atoms with Crippen LogP contribution in [0.4, 0.5) is 0 Å². The normalized spacial score (nSPS) is 38.2. The van der Waals surface area contributed by atoms with Crippen LogP contribution in [-0.4, -0.2) is 19.0 Å². The Bertz CT molecular complexity index is 212. The number of ketones is 1. The van der Waals surface area contributed by atoms with Gasteiger partial charge in [0.1, 0.15) is 5.78 Å². The van der Waals surface area contributed by atoms with E-state index in [1.165, 1.54) is 6.42 Å². The lowest BCUT2D eigenvalue weighted by atomic mass is 9.75. The van der Waals surface area contributed by atoms with Crippen LogP contribution in [0.3, 0.4) is 0 Å². The van der Waals surface area contributed by atoms with Crippen molar-refractivity contribution in [2.75, 3.05) is 13.2 Å². The summed E-state index contributed by atoms with van der Waals surface area (Å²) in [5.74, 6) is 1.29. The standard InChI is InChI=1S/C11H18O2/c1-2-13-8-11-6-5-9(7-11)3-4-10(11)12/h9H,2-8H2,1H3/t9-,11+/m1/s1. The molecule has 2 atom stereocenters. The van der Waals surface area contributed by atoms with Crippen LogP contribution in [0, 0.1) is 11.3 Å². The first-order valence-corrected chi connectivity index (χ1v) is 5.38. The van der Waals surface area contributed by atoms with E-state index in [1.54, 1.807) is 0 Å². The first-order chi connectivity index (χ1) is 6.27. The molecule has 2 aliphatic rings. The molecule has 2 nitrogen and oxygen atoms in total. The molecule has 2 aliphatic carbocycles. The summed E-state index contributed by atoms with van der Waals surface area (Å²) in [6.45, 7) is 3.41. The predicted octanol–water partition coefficient (Wildman–Crippen LogP) is 2.17. The third-order valence-corrected chi connectivity index (χ3v) is 3.66. The summed E-state index contributed by atoms with van der Waals surface area (Å²) in [5.41, 5.74) is -0.0566. The highest BCUT2D eigenvalue weighted by molar-refractivity contribution is 5.86. The molecule has 2 fully saturated rings. The largest absolute Gasteiger partial charge is 0.381 e. The lowest BCUT2D eigenvalue weighted by Crippen LogP contribution is -2.36. The Morgan fingerprint density at radius 3 is 3.15 bits per heavy atom. The molecule has 74 valence electrons. The third-order valence-electron chi connectivity index (χ3n) is 3.66. The van der Waals surface area contributed by atoms with Crippen molar-refractivity contribution in [1.29, 1.82) is 0 Å². The Morgan fingerprint density at radius 1 is 1.54 bits per heavy atom. The molecule has 0 aromatic heterocycles. The Labute approximate surface area is 79.7 Å². The van der Waals surface area contributed by atoms with Crippen molar-refractivity contribution in [3.05, 3.63) is 0 Å². The zero-order chi connectivity index (χ0) is 9.31. The quantitative estimate of drug-likeness (QED) is 0.668. The van der Waals surface area contributed by atoms with Crippen molar-refractivity contribution >= 4 is 5.78 Å². The number of hydrogen-bond acceptors (Lipinski definition) is 2. The molecule has 0 N–H and O–H groups in total. The molecule has 0 saturated heterocycles. The van der Waals surface area contributed by atoms with Crippen molar-refractivity contribution in [3.8, 4) is 0 Å². The van der Waals surface area contributed by atoms with Gasteiger partial charge in [0.05, 0.1) is 12.0 Å². The minimum atomic E-state index is -0.0566. The van der Waals surface area contributed by atoms with Gasteiger partial charge < -0.3 is 4.74 Å². The second-order valence-corrected chi connectivity index (χ2v) is 4.49. The first-order valence-electron chi connectivity index (χ1n) is 5.38. The van der Waals surface area contributed by atoms with Crippen molar-refractivity contribution in [1.82, 2.24) is 0 Å². The van der Waals surface area contributed by atoms with Crippen molar-refractivity contribution in [3.63, 3.8) is 0 Å². The van der Waals surface area contributed by atoms with Gasteiger partial charge in [-0.15, -0.1) is 0 Å². The molecule has 0 aromatic carbocycles. The average Bonchev–Trinajstić information content (AvgIpc) is 2.50. The number of hydrogen-bond donors (Lipinski definition) is 0. The summed E-state index contributed by atoms with van der Waals surface area (Å²) in [5, 5.41) is 0. The number of fused-ring (bicyclic) bond motifs is 2. The minimum Gasteiger partial charge on any atom is -0.381 e. The highest BCUT2D eigenvalue weighted by Crippen LogP contribution is 2.49. The molecule has 13 heavy (non-hydrogen) atoms. The van der Waals surface area contributed by atoms with Crippen LogP contribution in [0.5, 0.6) is 0 Å². The highest BCUT2D eigenvalue weighted by Gasteiger charge is 2.47. The van der Waals surface area contributed by atoms with Crippen molar-refractivity contribution in [2.24, 2.45) is 11.3 Å². The van der Waals surface area contributed by atoms with E-state index in [0.29, 0.717) is 12.4 Å². The second kappa shape index (κ2) is 3.41. The van der Waals surface area contributed by atoms with Crippen LogP contribution in [0.15, 0.2) is 0 Å². The van der Waals surface area contributed by atoms with E-state index in [4.69, 9.17) is 4.74 Å². The zero-order valence-corrected chi connectivity index (χ0v) is 8.34. The van der Waals surface area contributed by atoms with E-state index < -0.39 is 0 Å². The average molecular weight is 182 g/mol. The molecular weight excluding hydrogens is 164 g/mol. The molecule has 2 saturated carbocycles. The Balaban J connectivity index is 2.05. The van der Waals surface area contributed by atoms with Crippen molar-refractivity contribution in [2.45, 2.75) is 39.0 Å². The van der Waals surface area contributed by atoms with E-state index in [9.17, 15) is 4.79 Å². The minimum absolute atomic E-state index is 0.0566. The molecule has 0 spiro atoms. The van der Waals surface area contributed by atoms with Gasteiger partial charge in [0, 0.05) is 13.0 Å². The van der Waals surface area contributed by atoms with Gasteiger partial charge in [-0.2, -0.15) is 0 Å². The van der Waals surface area contributed by atoms with Crippen LogP contribution < -0.4 is 0 Å². The topological polar surface area (TPSA) is 26.3 Å². The van der Waals surface area contributed by atoms with Crippen LogP contribution in [0.1, 0.15) is 39.0 Å². The molecule has 2 heteroatoms. The second-order valence-electron chi connectivity index (χ2n) is 4.49. The molecular formula is C11H18O2. The number of carbonyl (C=O) groups excluding carboxylic acids is 1. The lowest BCUT2D eigenvalue weighted by Gasteiger charge is -2.31. The van der Waals surface area contributed by atoms with Gasteiger partial charge in [0.2, 0.25) is 0 Å². The summed E-state index contributed by atoms with van der Waals surface area (Å²) >= 11 is 0. The summed E-state index contributed by atoms with van der Waals surface area (Å²) in [6, 6.07) is 0. The van der Waals surface area contributed by atoms with Gasteiger partial charge in [-0.25, -0.2) is 0 Å². The molecule has 2 rings (SSSR count). The summed E-state index contributed by atoms with van der Waals surface area (Å²) in [4.78, 5) is 11.8. The fourth-order valence-corrected chi connectivity index (χ4v) is 2.85. The van der Waals surface area contributed by atoms with E-state index in [0.717, 1.165) is 38.2 Å². The van der Waals surface area contributed by atoms with E-state index >= 15 is 0 Å². The smallest absolute Gasteiger partial charge is 0.141 e. The number of rotatable bonds is 3. The summed E-state index contributed by atoms with van der Waals surface area (Å²) in [6.07, 6.45) is 5.37. The molecule has 0 aromatic rings. The summed E-state index contributed by atoms with van der Waals surface area (Å²) in [7, 11) is 0. The van der Waals surface area contributed by atoms with Gasteiger partial charge in [-0.1, -0.05) is 0 Å². The van der Waals surface area contributed by atoms with Crippen LogP contribution in [0.2, 0.25) is 0 Å². The number of carbonyl (C=O) groups is 1. The maximum atomic E-state index is 11.8. The SMILES string of the molecule is CCOC[C@@]12CC[C@@H](CCC1=O)C2. The molecule has 0 unspecified atom stereocenters. The molecule has 0 radical (unpaired) electrons. The lowest BCUT2D eigenvalue weighted by molar-refractivity contribution is -0.134. The maximum absolute atomic E-state index is 11.8. The number of ether oxygens (including phenoxy) is 1. The van der Waals surface area contributed by atoms with Crippen molar-refractivity contribution < 1.29 is 9.53 Å². The molecule has 0 amide bonds. The first kappa shape index (κ1) is 9.20. The van der Waals surface area contributed by atoms with Crippen LogP contribution in [-0.2, 0) is 9.53 Å².